The number of amides is 1. The Morgan fingerprint density at radius 2 is 1.96 bits per heavy atom. The third kappa shape index (κ3) is 3.15. The summed E-state index contributed by atoms with van der Waals surface area (Å²) in [4.78, 5) is 21.5. The SMILES string of the molecule is O=C(NCc1noc(C2CCC2)n1)c1ccc2nc(-c3ccccc3)cn2c1. The molecule has 4 aromatic rings. The van der Waals surface area contributed by atoms with E-state index in [1.54, 1.807) is 12.3 Å². The van der Waals surface area contributed by atoms with E-state index < -0.39 is 0 Å². The fourth-order valence-electron chi connectivity index (χ4n) is 3.30. The van der Waals surface area contributed by atoms with Crippen LogP contribution in [0.4, 0.5) is 0 Å². The third-order valence-corrected chi connectivity index (χ3v) is 5.13. The molecule has 0 spiro atoms. The zero-order chi connectivity index (χ0) is 18.9. The summed E-state index contributed by atoms with van der Waals surface area (Å²) in [6, 6.07) is 13.6. The molecule has 1 saturated carbocycles. The Labute approximate surface area is 161 Å². The molecule has 0 atom stereocenters. The van der Waals surface area contributed by atoms with Crippen molar-refractivity contribution in [3.8, 4) is 11.3 Å². The highest BCUT2D eigenvalue weighted by Crippen LogP contribution is 2.35. The van der Waals surface area contributed by atoms with Crippen LogP contribution in [0.15, 0.2) is 59.4 Å². The van der Waals surface area contributed by atoms with Crippen molar-refractivity contribution in [2.45, 2.75) is 31.7 Å². The zero-order valence-corrected chi connectivity index (χ0v) is 15.2. The van der Waals surface area contributed by atoms with Crippen LogP contribution in [-0.4, -0.2) is 25.4 Å². The number of nitrogens with zero attached hydrogens (tertiary/aromatic N) is 4. The van der Waals surface area contributed by atoms with Crippen molar-refractivity contribution in [1.82, 2.24) is 24.8 Å². The average Bonchev–Trinajstić information content (AvgIpc) is 3.32. The molecule has 0 bridgehead atoms. The minimum absolute atomic E-state index is 0.188. The Hall–Kier alpha value is -3.48. The van der Waals surface area contributed by atoms with E-state index in [9.17, 15) is 4.79 Å². The zero-order valence-electron chi connectivity index (χ0n) is 15.2. The Morgan fingerprint density at radius 3 is 2.75 bits per heavy atom. The number of hydrogen-bond acceptors (Lipinski definition) is 5. The predicted octanol–water partition coefficient (Wildman–Crippen LogP) is 3.58. The van der Waals surface area contributed by atoms with Crippen molar-refractivity contribution < 1.29 is 9.32 Å². The number of rotatable bonds is 5. The van der Waals surface area contributed by atoms with Crippen molar-refractivity contribution in [3.05, 3.63) is 72.1 Å². The van der Waals surface area contributed by atoms with Crippen LogP contribution < -0.4 is 5.32 Å². The van der Waals surface area contributed by atoms with Gasteiger partial charge in [0.05, 0.1) is 17.8 Å². The minimum Gasteiger partial charge on any atom is -0.345 e. The lowest BCUT2D eigenvalue weighted by atomic mass is 9.85. The van der Waals surface area contributed by atoms with Gasteiger partial charge in [0.15, 0.2) is 5.82 Å². The van der Waals surface area contributed by atoms with Crippen LogP contribution in [0.25, 0.3) is 16.9 Å². The molecule has 1 N–H and O–H groups in total. The highest BCUT2D eigenvalue weighted by atomic mass is 16.5. The van der Waals surface area contributed by atoms with Gasteiger partial charge in [0.1, 0.15) is 5.65 Å². The first kappa shape index (κ1) is 16.7. The second kappa shape index (κ2) is 6.92. The van der Waals surface area contributed by atoms with Crippen molar-refractivity contribution in [2.75, 3.05) is 0 Å². The molecular formula is C21H19N5O2. The van der Waals surface area contributed by atoms with Gasteiger partial charge in [0, 0.05) is 23.9 Å². The van der Waals surface area contributed by atoms with E-state index in [0.29, 0.717) is 23.2 Å². The molecule has 0 unspecified atom stereocenters. The van der Waals surface area contributed by atoms with Gasteiger partial charge in [-0.15, -0.1) is 0 Å². The van der Waals surface area contributed by atoms with Gasteiger partial charge in [-0.3, -0.25) is 4.79 Å². The van der Waals surface area contributed by atoms with E-state index in [1.165, 1.54) is 6.42 Å². The van der Waals surface area contributed by atoms with Crippen molar-refractivity contribution in [1.29, 1.82) is 0 Å². The molecule has 7 heteroatoms. The van der Waals surface area contributed by atoms with Gasteiger partial charge in [-0.25, -0.2) is 4.98 Å². The molecule has 1 aliphatic carbocycles. The molecule has 5 rings (SSSR count). The maximum absolute atomic E-state index is 12.5. The maximum Gasteiger partial charge on any atom is 0.253 e. The monoisotopic (exact) mass is 373 g/mol. The standard InChI is InChI=1S/C21H19N5O2/c27-20(22-11-18-24-21(28-25-18)15-7-4-8-15)16-9-10-19-23-17(13-26(19)12-16)14-5-2-1-3-6-14/h1-3,5-6,9-10,12-13,15H,4,7-8,11H2,(H,22,27). The van der Waals surface area contributed by atoms with Gasteiger partial charge in [0.25, 0.3) is 5.91 Å². The van der Waals surface area contributed by atoms with Crippen molar-refractivity contribution in [2.24, 2.45) is 0 Å². The molecule has 1 aliphatic rings. The van der Waals surface area contributed by atoms with E-state index in [-0.39, 0.29) is 12.5 Å². The van der Waals surface area contributed by atoms with Gasteiger partial charge < -0.3 is 14.2 Å². The molecular weight excluding hydrogens is 354 g/mol. The first-order valence-electron chi connectivity index (χ1n) is 9.41. The first-order chi connectivity index (χ1) is 13.8. The molecule has 3 heterocycles. The van der Waals surface area contributed by atoms with Gasteiger partial charge in [-0.1, -0.05) is 41.9 Å². The molecule has 0 saturated heterocycles. The summed E-state index contributed by atoms with van der Waals surface area (Å²) in [7, 11) is 0. The smallest absolute Gasteiger partial charge is 0.253 e. The largest absolute Gasteiger partial charge is 0.345 e. The lowest BCUT2D eigenvalue weighted by Crippen LogP contribution is -2.23. The summed E-state index contributed by atoms with van der Waals surface area (Å²) in [5.74, 6) is 1.39. The lowest BCUT2D eigenvalue weighted by molar-refractivity contribution is 0.0949. The van der Waals surface area contributed by atoms with Crippen LogP contribution >= 0.6 is 0 Å². The number of carbonyl (C=O) groups excluding carboxylic acids is 1. The number of aromatic nitrogens is 4. The number of pyridine rings is 1. The summed E-state index contributed by atoms with van der Waals surface area (Å²) in [6.07, 6.45) is 7.11. The summed E-state index contributed by atoms with van der Waals surface area (Å²) in [5, 5.41) is 6.80. The van der Waals surface area contributed by atoms with Crippen LogP contribution in [0.2, 0.25) is 0 Å². The molecule has 28 heavy (non-hydrogen) atoms. The second-order valence-electron chi connectivity index (χ2n) is 7.03. The molecule has 7 nitrogen and oxygen atoms in total. The van der Waals surface area contributed by atoms with Crippen LogP contribution in [-0.2, 0) is 6.54 Å². The second-order valence-corrected chi connectivity index (χ2v) is 7.03. The predicted molar refractivity (Wildman–Crippen MR) is 103 cm³/mol. The fourth-order valence-corrected chi connectivity index (χ4v) is 3.30. The van der Waals surface area contributed by atoms with Crippen LogP contribution in [0.1, 0.15) is 47.3 Å². The number of nitrogens with one attached hydrogen (secondary N) is 1. The first-order valence-corrected chi connectivity index (χ1v) is 9.41. The molecule has 0 radical (unpaired) electrons. The molecule has 1 fully saturated rings. The fraction of sp³-hybridized carbons (Fsp3) is 0.238. The summed E-state index contributed by atoms with van der Waals surface area (Å²) in [6.45, 7) is 0.242. The van der Waals surface area contributed by atoms with Gasteiger partial charge in [0.2, 0.25) is 5.89 Å². The van der Waals surface area contributed by atoms with E-state index in [2.05, 4.69) is 20.4 Å². The number of benzene rings is 1. The van der Waals surface area contributed by atoms with Crippen molar-refractivity contribution in [3.63, 3.8) is 0 Å². The quantitative estimate of drug-likeness (QED) is 0.578. The normalized spacial score (nSPS) is 14.1. The molecule has 1 amide bonds. The Morgan fingerprint density at radius 1 is 1.11 bits per heavy atom. The van der Waals surface area contributed by atoms with Gasteiger partial charge in [-0.2, -0.15) is 4.98 Å². The van der Waals surface area contributed by atoms with Crippen molar-refractivity contribution >= 4 is 11.6 Å². The Balaban J connectivity index is 1.29. The van der Waals surface area contributed by atoms with Gasteiger partial charge >= 0.3 is 0 Å². The Kier molecular flexibility index (Phi) is 4.12. The lowest BCUT2D eigenvalue weighted by Gasteiger charge is -2.20. The molecule has 3 aromatic heterocycles. The van der Waals surface area contributed by atoms with E-state index in [1.807, 2.05) is 47.0 Å². The summed E-state index contributed by atoms with van der Waals surface area (Å²) in [5.41, 5.74) is 3.25. The minimum atomic E-state index is -0.188. The summed E-state index contributed by atoms with van der Waals surface area (Å²) >= 11 is 0. The number of imidazole rings is 1. The van der Waals surface area contributed by atoms with Crippen LogP contribution in [0, 0.1) is 0 Å². The van der Waals surface area contributed by atoms with Crippen LogP contribution in [0.3, 0.4) is 0 Å². The van der Waals surface area contributed by atoms with Gasteiger partial charge in [-0.05, 0) is 25.0 Å². The molecule has 0 aliphatic heterocycles. The topological polar surface area (TPSA) is 85.3 Å². The number of fused-ring (bicyclic) bond motifs is 1. The molecule has 1 aromatic carbocycles. The Bertz CT molecular complexity index is 1130. The highest BCUT2D eigenvalue weighted by molar-refractivity contribution is 5.94. The van der Waals surface area contributed by atoms with E-state index in [4.69, 9.17) is 4.52 Å². The molecule has 140 valence electrons. The average molecular weight is 373 g/mol. The van der Waals surface area contributed by atoms with E-state index in [0.717, 1.165) is 29.7 Å². The van der Waals surface area contributed by atoms with E-state index >= 15 is 0 Å². The number of hydrogen-bond donors (Lipinski definition) is 1. The third-order valence-electron chi connectivity index (χ3n) is 5.13. The number of carbonyl (C=O) groups is 1. The van der Waals surface area contributed by atoms with Crippen LogP contribution in [0.5, 0.6) is 0 Å². The highest BCUT2D eigenvalue weighted by Gasteiger charge is 2.25. The maximum atomic E-state index is 12.5. The summed E-state index contributed by atoms with van der Waals surface area (Å²) < 4.78 is 7.15.